The Hall–Kier alpha value is -2.15. The predicted octanol–water partition coefficient (Wildman–Crippen LogP) is 3.40. The van der Waals surface area contributed by atoms with Crippen molar-refractivity contribution < 1.29 is 17.9 Å². The molecule has 7 heteroatoms. The van der Waals surface area contributed by atoms with Crippen LogP contribution in [0.1, 0.15) is 18.2 Å². The van der Waals surface area contributed by atoms with Gasteiger partial charge in [-0.2, -0.15) is 13.2 Å². The third-order valence-electron chi connectivity index (χ3n) is 2.62. The number of hydrogen-bond acceptors (Lipinski definition) is 4. The van der Waals surface area contributed by atoms with Crippen molar-refractivity contribution in [3.05, 3.63) is 47.9 Å². The molecule has 0 atom stereocenters. The van der Waals surface area contributed by atoms with Crippen molar-refractivity contribution >= 4 is 0 Å². The summed E-state index contributed by atoms with van der Waals surface area (Å²) in [4.78, 5) is 8.19. The van der Waals surface area contributed by atoms with Gasteiger partial charge in [0.1, 0.15) is 5.75 Å². The molecule has 112 valence electrons. The van der Waals surface area contributed by atoms with E-state index in [0.717, 1.165) is 18.7 Å². The summed E-state index contributed by atoms with van der Waals surface area (Å²) in [6.45, 7) is 3.31. The van der Waals surface area contributed by atoms with Crippen LogP contribution in [0.5, 0.6) is 11.6 Å². The molecule has 2 rings (SSSR count). The molecule has 1 N–H and O–H groups in total. The van der Waals surface area contributed by atoms with E-state index in [0.29, 0.717) is 12.2 Å². The smallest absolute Gasteiger partial charge is 0.416 e. The van der Waals surface area contributed by atoms with Gasteiger partial charge >= 0.3 is 6.18 Å². The highest BCUT2D eigenvalue weighted by Crippen LogP contribution is 2.31. The molecule has 0 unspecified atom stereocenters. The lowest BCUT2D eigenvalue weighted by atomic mass is 10.2. The highest BCUT2D eigenvalue weighted by atomic mass is 19.4. The summed E-state index contributed by atoms with van der Waals surface area (Å²) in [5, 5.41) is 3.10. The van der Waals surface area contributed by atoms with E-state index < -0.39 is 11.7 Å². The molecule has 0 radical (unpaired) electrons. The lowest BCUT2D eigenvalue weighted by Crippen LogP contribution is -2.13. The van der Waals surface area contributed by atoms with Gasteiger partial charge in [-0.15, -0.1) is 0 Å². The summed E-state index contributed by atoms with van der Waals surface area (Å²) in [5.74, 6) is 0.517. The van der Waals surface area contributed by atoms with Gasteiger partial charge in [0.05, 0.1) is 17.5 Å². The first-order valence-corrected chi connectivity index (χ1v) is 6.36. The Kier molecular flexibility index (Phi) is 4.74. The maximum absolute atomic E-state index is 12.4. The third kappa shape index (κ3) is 4.42. The molecule has 0 saturated carbocycles. The third-order valence-corrected chi connectivity index (χ3v) is 2.62. The summed E-state index contributed by atoms with van der Waals surface area (Å²) >= 11 is 0. The van der Waals surface area contributed by atoms with Crippen molar-refractivity contribution in [2.24, 2.45) is 0 Å². The van der Waals surface area contributed by atoms with Gasteiger partial charge in [0.2, 0.25) is 5.88 Å². The number of rotatable bonds is 5. The number of halogens is 3. The van der Waals surface area contributed by atoms with E-state index in [1.807, 2.05) is 6.92 Å². The summed E-state index contributed by atoms with van der Waals surface area (Å²) in [7, 11) is 0. The first-order valence-electron chi connectivity index (χ1n) is 6.36. The van der Waals surface area contributed by atoms with Crippen molar-refractivity contribution in [1.82, 2.24) is 15.3 Å². The quantitative estimate of drug-likeness (QED) is 0.919. The Morgan fingerprint density at radius 2 is 1.86 bits per heavy atom. The average Bonchev–Trinajstić information content (AvgIpc) is 2.45. The van der Waals surface area contributed by atoms with E-state index in [2.05, 4.69) is 15.3 Å². The van der Waals surface area contributed by atoms with Crippen LogP contribution in [-0.2, 0) is 12.7 Å². The molecule has 0 aliphatic carbocycles. The second-order valence-corrected chi connectivity index (χ2v) is 4.25. The molecule has 1 aromatic carbocycles. The largest absolute Gasteiger partial charge is 0.437 e. The molecular weight excluding hydrogens is 283 g/mol. The number of ether oxygens (including phenoxy) is 1. The zero-order valence-corrected chi connectivity index (χ0v) is 11.3. The number of hydrogen-bond donors (Lipinski definition) is 1. The first-order chi connectivity index (χ1) is 9.99. The van der Waals surface area contributed by atoms with Crippen LogP contribution in [0.25, 0.3) is 0 Å². The fraction of sp³-hybridized carbons (Fsp3) is 0.286. The molecule has 1 heterocycles. The van der Waals surface area contributed by atoms with Crippen LogP contribution in [0.2, 0.25) is 0 Å². The molecule has 0 bridgehead atoms. The summed E-state index contributed by atoms with van der Waals surface area (Å²) < 4.78 is 42.7. The molecule has 0 spiro atoms. The highest BCUT2D eigenvalue weighted by Gasteiger charge is 2.30. The molecule has 0 aliphatic rings. The molecular formula is C14H14F3N3O. The number of aromatic nitrogens is 2. The van der Waals surface area contributed by atoms with Crippen molar-refractivity contribution in [2.45, 2.75) is 19.6 Å². The van der Waals surface area contributed by atoms with Crippen LogP contribution < -0.4 is 10.1 Å². The molecule has 4 nitrogen and oxygen atoms in total. The van der Waals surface area contributed by atoms with E-state index >= 15 is 0 Å². The zero-order chi connectivity index (χ0) is 15.3. The van der Waals surface area contributed by atoms with Gasteiger partial charge in [-0.3, -0.25) is 4.98 Å². The fourth-order valence-electron chi connectivity index (χ4n) is 1.61. The Morgan fingerprint density at radius 1 is 1.14 bits per heavy atom. The van der Waals surface area contributed by atoms with E-state index in [9.17, 15) is 13.2 Å². The van der Waals surface area contributed by atoms with Crippen LogP contribution in [0.3, 0.4) is 0 Å². The van der Waals surface area contributed by atoms with Gasteiger partial charge in [-0.25, -0.2) is 4.98 Å². The van der Waals surface area contributed by atoms with E-state index in [-0.39, 0.29) is 11.6 Å². The second kappa shape index (κ2) is 6.53. The monoisotopic (exact) mass is 297 g/mol. The first kappa shape index (κ1) is 15.2. The topological polar surface area (TPSA) is 47.0 Å². The van der Waals surface area contributed by atoms with Crippen molar-refractivity contribution in [2.75, 3.05) is 6.54 Å². The minimum Gasteiger partial charge on any atom is -0.437 e. The fourth-order valence-corrected chi connectivity index (χ4v) is 1.61. The molecule has 21 heavy (non-hydrogen) atoms. The van der Waals surface area contributed by atoms with Crippen LogP contribution in [0.4, 0.5) is 13.2 Å². The lowest BCUT2D eigenvalue weighted by molar-refractivity contribution is -0.137. The van der Waals surface area contributed by atoms with Gasteiger partial charge in [-0.1, -0.05) is 6.92 Å². The summed E-state index contributed by atoms with van der Waals surface area (Å²) in [6.07, 6.45) is -1.35. The maximum Gasteiger partial charge on any atom is 0.416 e. The van der Waals surface area contributed by atoms with Gasteiger partial charge in [0.25, 0.3) is 0 Å². The molecule has 0 amide bonds. The Morgan fingerprint density at radius 3 is 2.48 bits per heavy atom. The van der Waals surface area contributed by atoms with Crippen LogP contribution >= 0.6 is 0 Å². The van der Waals surface area contributed by atoms with Gasteiger partial charge in [0.15, 0.2) is 0 Å². The number of nitrogens with one attached hydrogen (secondary N) is 1. The molecule has 2 aromatic rings. The Balaban J connectivity index is 2.07. The Bertz CT molecular complexity index is 585. The highest BCUT2D eigenvalue weighted by molar-refractivity contribution is 5.31. The standard InChI is InChI=1S/C14H14F3N3O/c1-2-18-7-11-8-19-9-13(20-11)21-12-5-3-10(4-6-12)14(15,16)17/h3-6,8-9,18H,2,7H2,1H3. The van der Waals surface area contributed by atoms with Gasteiger partial charge < -0.3 is 10.1 Å². The van der Waals surface area contributed by atoms with Gasteiger partial charge in [-0.05, 0) is 30.8 Å². The van der Waals surface area contributed by atoms with Gasteiger partial charge in [0, 0.05) is 12.7 Å². The second-order valence-electron chi connectivity index (χ2n) is 4.25. The van der Waals surface area contributed by atoms with E-state index in [1.165, 1.54) is 18.3 Å². The lowest BCUT2D eigenvalue weighted by Gasteiger charge is -2.09. The Labute approximate surface area is 120 Å². The molecule has 0 saturated heterocycles. The van der Waals surface area contributed by atoms with Crippen molar-refractivity contribution in [3.63, 3.8) is 0 Å². The number of benzene rings is 1. The number of alkyl halides is 3. The molecule has 0 aliphatic heterocycles. The maximum atomic E-state index is 12.4. The minimum absolute atomic E-state index is 0.241. The normalized spacial score (nSPS) is 11.4. The average molecular weight is 297 g/mol. The summed E-state index contributed by atoms with van der Waals surface area (Å²) in [6, 6.07) is 4.43. The molecule has 1 aromatic heterocycles. The van der Waals surface area contributed by atoms with Crippen molar-refractivity contribution in [1.29, 1.82) is 0 Å². The van der Waals surface area contributed by atoms with E-state index in [1.54, 1.807) is 6.20 Å². The predicted molar refractivity (Wildman–Crippen MR) is 70.9 cm³/mol. The van der Waals surface area contributed by atoms with Crippen LogP contribution in [0, 0.1) is 0 Å². The summed E-state index contributed by atoms with van der Waals surface area (Å²) in [5.41, 5.74) is -0.0249. The molecule has 0 fully saturated rings. The number of nitrogens with zero attached hydrogens (tertiary/aromatic N) is 2. The van der Waals surface area contributed by atoms with E-state index in [4.69, 9.17) is 4.74 Å². The zero-order valence-electron chi connectivity index (χ0n) is 11.3. The minimum atomic E-state index is -4.36. The van der Waals surface area contributed by atoms with Crippen LogP contribution in [-0.4, -0.2) is 16.5 Å². The SMILES string of the molecule is CCNCc1cncc(Oc2ccc(C(F)(F)F)cc2)n1. The van der Waals surface area contributed by atoms with Crippen LogP contribution in [0.15, 0.2) is 36.7 Å². The van der Waals surface area contributed by atoms with Crippen molar-refractivity contribution in [3.8, 4) is 11.6 Å².